The minimum absolute atomic E-state index is 0.366. The zero-order chi connectivity index (χ0) is 20.3. The van der Waals surface area contributed by atoms with Crippen molar-refractivity contribution in [2.24, 2.45) is 5.92 Å². The van der Waals surface area contributed by atoms with Crippen LogP contribution in [0.4, 0.5) is 0 Å². The Morgan fingerprint density at radius 3 is 2.46 bits per heavy atom. The Balaban J connectivity index is 1.74. The fraction of sp³-hybridized carbons (Fsp3) is 0.714. The Hall–Kier alpha value is -0.340. The van der Waals surface area contributed by atoms with E-state index in [0.29, 0.717) is 22.8 Å². The molecule has 1 aromatic rings. The van der Waals surface area contributed by atoms with Gasteiger partial charge >= 0.3 is 0 Å². The van der Waals surface area contributed by atoms with Gasteiger partial charge in [-0.15, -0.1) is 0 Å². The monoisotopic (exact) mass is 430 g/mol. The molecule has 0 amide bonds. The highest BCUT2D eigenvalue weighted by molar-refractivity contribution is 7.98. The molecule has 3 N–H and O–H groups in total. The molecule has 5 nitrogen and oxygen atoms in total. The quantitative estimate of drug-likeness (QED) is 0.644. The van der Waals surface area contributed by atoms with E-state index in [1.165, 1.54) is 11.8 Å². The maximum absolute atomic E-state index is 10.5. The molecular weight excluding hydrogens is 400 g/mol. The van der Waals surface area contributed by atoms with Crippen LogP contribution >= 0.6 is 23.4 Å². The Labute approximate surface area is 176 Å². The number of halogens is 1. The summed E-state index contributed by atoms with van der Waals surface area (Å²) in [6.45, 7) is 0. The average molecular weight is 431 g/mol. The Kier molecular flexibility index (Phi) is 8.07. The van der Waals surface area contributed by atoms with E-state index in [2.05, 4.69) is 0 Å². The van der Waals surface area contributed by atoms with Crippen molar-refractivity contribution in [2.75, 3.05) is 19.1 Å². The van der Waals surface area contributed by atoms with Crippen LogP contribution in [0.5, 0.6) is 0 Å². The maximum Gasteiger partial charge on any atom is 0.113 e. The summed E-state index contributed by atoms with van der Waals surface area (Å²) in [7, 11) is 1.77. The zero-order valence-electron chi connectivity index (χ0n) is 16.5. The van der Waals surface area contributed by atoms with E-state index in [-0.39, 0.29) is 0 Å². The lowest BCUT2D eigenvalue weighted by molar-refractivity contribution is -0.218. The minimum Gasteiger partial charge on any atom is -0.388 e. The van der Waals surface area contributed by atoms with Gasteiger partial charge in [-0.2, -0.15) is 11.8 Å². The van der Waals surface area contributed by atoms with Crippen LogP contribution in [-0.2, 0) is 15.9 Å². The normalized spacial score (nSPS) is 36.4. The predicted octanol–water partition coefficient (Wildman–Crippen LogP) is 2.97. The summed E-state index contributed by atoms with van der Waals surface area (Å²) < 4.78 is 11.4. The van der Waals surface area contributed by atoms with Crippen molar-refractivity contribution < 1.29 is 24.8 Å². The summed E-state index contributed by atoms with van der Waals surface area (Å²) in [6, 6.07) is 5.66. The number of thioether (sulfide) groups is 1. The second kappa shape index (κ2) is 10.1. The molecule has 1 saturated heterocycles. The Morgan fingerprint density at radius 1 is 1.11 bits per heavy atom. The van der Waals surface area contributed by atoms with Gasteiger partial charge in [-0.3, -0.25) is 0 Å². The van der Waals surface area contributed by atoms with Gasteiger partial charge in [0.05, 0.1) is 12.2 Å². The summed E-state index contributed by atoms with van der Waals surface area (Å²) in [4.78, 5) is 0. The Morgan fingerprint density at radius 2 is 1.82 bits per heavy atom. The molecule has 0 unspecified atom stereocenters. The van der Waals surface area contributed by atoms with Crippen LogP contribution in [-0.4, -0.2) is 65.0 Å². The Bertz CT molecular complexity index is 637. The highest BCUT2D eigenvalue weighted by atomic mass is 35.5. The number of rotatable bonds is 6. The second-order valence-electron chi connectivity index (χ2n) is 7.96. The van der Waals surface area contributed by atoms with Crippen molar-refractivity contribution >= 4 is 23.4 Å². The average Bonchev–Trinajstić information content (AvgIpc) is 2.71. The highest BCUT2D eigenvalue weighted by Gasteiger charge is 2.44. The lowest BCUT2D eigenvalue weighted by atomic mass is 9.82. The molecule has 2 fully saturated rings. The van der Waals surface area contributed by atoms with Gasteiger partial charge in [0.2, 0.25) is 0 Å². The van der Waals surface area contributed by atoms with Crippen LogP contribution in [0.1, 0.15) is 42.9 Å². The van der Waals surface area contributed by atoms with Crippen molar-refractivity contribution in [1.29, 1.82) is 0 Å². The third-order valence-corrected chi connectivity index (χ3v) is 7.11. The minimum atomic E-state index is -1.24. The fourth-order valence-electron chi connectivity index (χ4n) is 4.34. The molecule has 0 aromatic heterocycles. The number of ether oxygens (including phenoxy) is 2. The van der Waals surface area contributed by atoms with Gasteiger partial charge in [0.15, 0.2) is 0 Å². The van der Waals surface area contributed by atoms with E-state index < -0.39 is 30.5 Å². The summed E-state index contributed by atoms with van der Waals surface area (Å²) in [5.74, 6) is 1.11. The molecule has 1 aliphatic carbocycles. The van der Waals surface area contributed by atoms with Gasteiger partial charge in [-0.1, -0.05) is 23.7 Å². The summed E-state index contributed by atoms with van der Waals surface area (Å²) in [5, 5.41) is 31.7. The summed E-state index contributed by atoms with van der Waals surface area (Å²) >= 11 is 7.99. The lowest BCUT2D eigenvalue weighted by Gasteiger charge is -2.41. The van der Waals surface area contributed by atoms with Gasteiger partial charge in [0.1, 0.15) is 24.4 Å². The van der Waals surface area contributed by atoms with E-state index in [9.17, 15) is 15.3 Å². The first-order valence-electron chi connectivity index (χ1n) is 9.94. The maximum atomic E-state index is 10.5. The molecule has 0 radical (unpaired) electrons. The van der Waals surface area contributed by atoms with Gasteiger partial charge in [-0.05, 0) is 61.5 Å². The first-order valence-corrected chi connectivity index (χ1v) is 11.7. The van der Waals surface area contributed by atoms with Crippen molar-refractivity contribution in [3.63, 3.8) is 0 Å². The van der Waals surface area contributed by atoms with E-state index in [1.54, 1.807) is 7.11 Å². The molecular formula is C21H31ClO5S. The number of methoxy groups -OCH3 is 1. The molecule has 5 atom stereocenters. The molecule has 1 heterocycles. The molecule has 0 bridgehead atoms. The standard InChI is InChI=1S/C21H31ClO5S/c1-26-15-6-3-12(4-7-15)9-14-10-13(5-8-16(14)22)21-20(25)19(24)18(23)17(27-21)11-28-2/h5,8,10,12,15,17-21,23-25H,3-4,6-7,9,11H2,1-2H3/t12?,15?,17-,18-,19+,20-,21+/m1/s1. The van der Waals surface area contributed by atoms with E-state index in [4.69, 9.17) is 21.1 Å². The highest BCUT2D eigenvalue weighted by Crippen LogP contribution is 2.36. The molecule has 7 heteroatoms. The number of aliphatic hydroxyl groups is 3. The van der Waals surface area contributed by atoms with Gasteiger partial charge in [0, 0.05) is 17.9 Å². The predicted molar refractivity (Wildman–Crippen MR) is 112 cm³/mol. The van der Waals surface area contributed by atoms with Crippen LogP contribution in [0.25, 0.3) is 0 Å². The molecule has 158 valence electrons. The van der Waals surface area contributed by atoms with Crippen LogP contribution in [0.15, 0.2) is 18.2 Å². The number of hydrogen-bond acceptors (Lipinski definition) is 6. The SMILES string of the molecule is COC1CCC(Cc2cc([C@@H]3O[C@H](CSC)[C@@H](O)[C@H](O)[C@H]3O)ccc2Cl)CC1. The molecule has 2 aliphatic rings. The van der Waals surface area contributed by atoms with E-state index in [0.717, 1.165) is 43.2 Å². The van der Waals surface area contributed by atoms with Gasteiger partial charge in [-0.25, -0.2) is 0 Å². The van der Waals surface area contributed by atoms with Crippen molar-refractivity contribution in [3.8, 4) is 0 Å². The third kappa shape index (κ3) is 5.04. The van der Waals surface area contributed by atoms with Crippen LogP contribution < -0.4 is 0 Å². The number of hydrogen-bond donors (Lipinski definition) is 3. The van der Waals surface area contributed by atoms with E-state index >= 15 is 0 Å². The number of aliphatic hydroxyl groups excluding tert-OH is 3. The van der Waals surface area contributed by atoms with Crippen LogP contribution in [0.2, 0.25) is 5.02 Å². The first kappa shape index (κ1) is 22.3. The fourth-order valence-corrected chi connectivity index (χ4v) is 5.14. The van der Waals surface area contributed by atoms with Crippen LogP contribution in [0.3, 0.4) is 0 Å². The molecule has 1 aromatic carbocycles. The second-order valence-corrected chi connectivity index (χ2v) is 9.27. The van der Waals surface area contributed by atoms with Crippen LogP contribution in [0, 0.1) is 5.92 Å². The number of benzene rings is 1. The van der Waals surface area contributed by atoms with Gasteiger partial charge < -0.3 is 24.8 Å². The first-order chi connectivity index (χ1) is 13.4. The van der Waals surface area contributed by atoms with E-state index in [1.807, 2.05) is 24.5 Å². The summed E-state index contributed by atoms with van der Waals surface area (Å²) in [5.41, 5.74) is 1.83. The lowest BCUT2D eigenvalue weighted by Crippen LogP contribution is -2.54. The smallest absolute Gasteiger partial charge is 0.113 e. The summed E-state index contributed by atoms with van der Waals surface area (Å²) in [6.07, 6.45) is 2.81. The molecule has 0 spiro atoms. The molecule has 28 heavy (non-hydrogen) atoms. The molecule has 1 saturated carbocycles. The largest absolute Gasteiger partial charge is 0.388 e. The van der Waals surface area contributed by atoms with Crippen molar-refractivity contribution in [3.05, 3.63) is 34.3 Å². The van der Waals surface area contributed by atoms with Gasteiger partial charge in [0.25, 0.3) is 0 Å². The van der Waals surface area contributed by atoms with Crippen molar-refractivity contribution in [2.45, 2.75) is 68.7 Å². The molecule has 3 rings (SSSR count). The molecule has 1 aliphatic heterocycles. The zero-order valence-corrected chi connectivity index (χ0v) is 18.0. The van der Waals surface area contributed by atoms with Crippen molar-refractivity contribution in [1.82, 2.24) is 0 Å². The third-order valence-electron chi connectivity index (χ3n) is 6.08. The topological polar surface area (TPSA) is 79.2 Å².